The zero-order valence-electron chi connectivity index (χ0n) is 14.4. The van der Waals surface area contributed by atoms with Crippen molar-refractivity contribution in [1.82, 2.24) is 24.9 Å². The molecule has 4 rings (SSSR count). The second kappa shape index (κ2) is 6.89. The van der Waals surface area contributed by atoms with Gasteiger partial charge in [0.05, 0.1) is 5.69 Å². The minimum absolute atomic E-state index is 0.774. The number of hydrogen-bond acceptors (Lipinski definition) is 5. The van der Waals surface area contributed by atoms with E-state index >= 15 is 0 Å². The molecule has 0 radical (unpaired) electrons. The Morgan fingerprint density at radius 2 is 1.67 bits per heavy atom. The first kappa shape index (κ1) is 15.6. The Morgan fingerprint density at radius 1 is 0.958 bits per heavy atom. The molecule has 0 aliphatic carbocycles. The van der Waals surface area contributed by atoms with Gasteiger partial charge in [-0.05, 0) is 69.8 Å². The van der Waals surface area contributed by atoms with Gasteiger partial charge in [0, 0.05) is 25.8 Å². The van der Waals surface area contributed by atoms with Crippen LogP contribution in [0.2, 0.25) is 0 Å². The van der Waals surface area contributed by atoms with Crippen LogP contribution in [0.3, 0.4) is 0 Å². The Balaban J connectivity index is 1.33. The van der Waals surface area contributed by atoms with Gasteiger partial charge < -0.3 is 9.80 Å². The summed E-state index contributed by atoms with van der Waals surface area (Å²) in [4.78, 5) is 5.01. The first-order valence-corrected chi connectivity index (χ1v) is 9.11. The lowest BCUT2D eigenvalue weighted by atomic mass is 9.96. The largest absolute Gasteiger partial charge is 0.355 e. The first-order chi connectivity index (χ1) is 11.8. The first-order valence-electron chi connectivity index (χ1n) is 9.11. The summed E-state index contributed by atoms with van der Waals surface area (Å²) < 4.78 is 1.77. The van der Waals surface area contributed by atoms with Gasteiger partial charge in [-0.15, -0.1) is 10.2 Å². The molecule has 6 heteroatoms. The van der Waals surface area contributed by atoms with Gasteiger partial charge in [-0.3, -0.25) is 0 Å². The Hall–Kier alpha value is -1.95. The number of anilines is 1. The highest BCUT2D eigenvalue weighted by Crippen LogP contribution is 2.23. The highest BCUT2D eigenvalue weighted by molar-refractivity contribution is 5.40. The van der Waals surface area contributed by atoms with Crippen LogP contribution in [0.15, 0.2) is 24.4 Å². The fraction of sp³-hybridized carbons (Fsp3) is 0.611. The van der Waals surface area contributed by atoms with Crippen molar-refractivity contribution in [2.75, 3.05) is 37.6 Å². The van der Waals surface area contributed by atoms with Gasteiger partial charge >= 0.3 is 0 Å². The maximum absolute atomic E-state index is 4.42. The van der Waals surface area contributed by atoms with E-state index in [1.54, 1.807) is 4.68 Å². The third-order valence-corrected chi connectivity index (χ3v) is 5.25. The van der Waals surface area contributed by atoms with E-state index in [-0.39, 0.29) is 0 Å². The number of likely N-dealkylation sites (tertiary alicyclic amines) is 1. The summed E-state index contributed by atoms with van der Waals surface area (Å²) in [6, 6.07) is 6.05. The second-order valence-corrected chi connectivity index (χ2v) is 7.09. The van der Waals surface area contributed by atoms with Crippen LogP contribution in [0.25, 0.3) is 5.82 Å². The summed E-state index contributed by atoms with van der Waals surface area (Å²) >= 11 is 0. The molecule has 0 N–H and O–H groups in total. The van der Waals surface area contributed by atoms with Crippen LogP contribution >= 0.6 is 0 Å². The lowest BCUT2D eigenvalue weighted by Crippen LogP contribution is -2.38. The Kier molecular flexibility index (Phi) is 4.47. The fourth-order valence-corrected chi connectivity index (χ4v) is 3.83. The van der Waals surface area contributed by atoms with E-state index in [1.165, 1.54) is 45.3 Å². The summed E-state index contributed by atoms with van der Waals surface area (Å²) in [5.74, 6) is 2.61. The third-order valence-electron chi connectivity index (χ3n) is 5.25. The molecule has 128 valence electrons. The van der Waals surface area contributed by atoms with E-state index in [0.29, 0.717) is 0 Å². The van der Waals surface area contributed by atoms with Crippen LogP contribution in [-0.2, 0) is 0 Å². The van der Waals surface area contributed by atoms with Gasteiger partial charge in [0.1, 0.15) is 0 Å². The lowest BCUT2D eigenvalue weighted by Gasteiger charge is -2.34. The van der Waals surface area contributed by atoms with E-state index in [1.807, 2.05) is 25.3 Å². The normalized spacial score (nSPS) is 20.0. The molecule has 2 aliphatic rings. The van der Waals surface area contributed by atoms with E-state index < -0.39 is 0 Å². The summed E-state index contributed by atoms with van der Waals surface area (Å²) in [7, 11) is 0. The molecule has 0 spiro atoms. The summed E-state index contributed by atoms with van der Waals surface area (Å²) in [5.41, 5.74) is 0.987. The van der Waals surface area contributed by atoms with Crippen LogP contribution in [-0.4, -0.2) is 57.6 Å². The number of aryl methyl sites for hydroxylation is 1. The molecule has 6 nitrogen and oxygen atoms in total. The van der Waals surface area contributed by atoms with Crippen molar-refractivity contribution >= 4 is 5.82 Å². The van der Waals surface area contributed by atoms with Crippen molar-refractivity contribution in [1.29, 1.82) is 0 Å². The van der Waals surface area contributed by atoms with Gasteiger partial charge in [0.25, 0.3) is 0 Å². The molecule has 0 bridgehead atoms. The minimum atomic E-state index is 0.774. The molecule has 2 aromatic heterocycles. The van der Waals surface area contributed by atoms with E-state index in [4.69, 9.17) is 0 Å². The zero-order chi connectivity index (χ0) is 16.4. The van der Waals surface area contributed by atoms with Gasteiger partial charge in [-0.2, -0.15) is 5.10 Å². The van der Waals surface area contributed by atoms with Crippen molar-refractivity contribution < 1.29 is 0 Å². The highest BCUT2D eigenvalue weighted by Gasteiger charge is 2.23. The molecular formula is C18H26N6. The molecule has 2 aliphatic heterocycles. The van der Waals surface area contributed by atoms with Crippen molar-refractivity contribution in [3.63, 3.8) is 0 Å². The van der Waals surface area contributed by atoms with E-state index in [2.05, 4.69) is 31.2 Å². The fourth-order valence-electron chi connectivity index (χ4n) is 3.83. The summed E-state index contributed by atoms with van der Waals surface area (Å²) in [6.07, 6.45) is 7.21. The van der Waals surface area contributed by atoms with Gasteiger partial charge in [0.2, 0.25) is 0 Å². The maximum Gasteiger partial charge on any atom is 0.175 e. The van der Waals surface area contributed by atoms with Gasteiger partial charge in [0.15, 0.2) is 11.6 Å². The number of nitrogens with zero attached hydrogens (tertiary/aromatic N) is 6. The molecule has 2 aromatic rings. The van der Waals surface area contributed by atoms with Crippen LogP contribution < -0.4 is 4.90 Å². The Labute approximate surface area is 143 Å². The predicted molar refractivity (Wildman–Crippen MR) is 94.5 cm³/mol. The molecule has 2 saturated heterocycles. The molecule has 2 fully saturated rings. The average molecular weight is 326 g/mol. The minimum Gasteiger partial charge on any atom is -0.355 e. The van der Waals surface area contributed by atoms with Crippen LogP contribution in [0, 0.1) is 12.8 Å². The van der Waals surface area contributed by atoms with Crippen molar-refractivity contribution in [2.24, 2.45) is 5.92 Å². The molecular weight excluding hydrogens is 300 g/mol. The van der Waals surface area contributed by atoms with Crippen LogP contribution in [0.1, 0.15) is 31.4 Å². The van der Waals surface area contributed by atoms with Crippen LogP contribution in [0.5, 0.6) is 0 Å². The highest BCUT2D eigenvalue weighted by atomic mass is 15.4. The van der Waals surface area contributed by atoms with E-state index in [0.717, 1.165) is 36.3 Å². The molecule has 0 atom stereocenters. The van der Waals surface area contributed by atoms with Crippen molar-refractivity contribution in [3.8, 4) is 5.82 Å². The quantitative estimate of drug-likeness (QED) is 0.863. The maximum atomic E-state index is 4.42. The van der Waals surface area contributed by atoms with Gasteiger partial charge in [-0.1, -0.05) is 0 Å². The molecule has 24 heavy (non-hydrogen) atoms. The van der Waals surface area contributed by atoms with Gasteiger partial charge in [-0.25, -0.2) is 4.68 Å². The smallest absolute Gasteiger partial charge is 0.175 e. The molecule has 0 saturated carbocycles. The average Bonchev–Trinajstić information content (AvgIpc) is 3.28. The number of rotatable bonds is 4. The standard InChI is InChI=1S/C18H26N6/c1-15-6-13-24(21-15)18-5-4-17(19-20-18)23-11-7-16(8-12-23)14-22-9-2-3-10-22/h4-6,13,16H,2-3,7-12,14H2,1H3. The predicted octanol–water partition coefficient (Wildman–Crippen LogP) is 2.28. The lowest BCUT2D eigenvalue weighted by molar-refractivity contribution is 0.249. The summed E-state index contributed by atoms with van der Waals surface area (Å²) in [6.45, 7) is 8.06. The second-order valence-electron chi connectivity index (χ2n) is 7.09. The number of aromatic nitrogens is 4. The Morgan fingerprint density at radius 3 is 2.29 bits per heavy atom. The van der Waals surface area contributed by atoms with Crippen molar-refractivity contribution in [3.05, 3.63) is 30.1 Å². The zero-order valence-corrected chi connectivity index (χ0v) is 14.4. The van der Waals surface area contributed by atoms with Crippen molar-refractivity contribution in [2.45, 2.75) is 32.6 Å². The summed E-state index contributed by atoms with van der Waals surface area (Å²) in [5, 5.41) is 13.1. The number of hydrogen-bond donors (Lipinski definition) is 0. The third kappa shape index (κ3) is 3.43. The molecule has 0 aromatic carbocycles. The topological polar surface area (TPSA) is 50.1 Å². The Bertz CT molecular complexity index is 650. The number of piperidine rings is 1. The molecule has 4 heterocycles. The van der Waals surface area contributed by atoms with Crippen LogP contribution in [0.4, 0.5) is 5.82 Å². The SMILES string of the molecule is Cc1ccn(-c2ccc(N3CCC(CN4CCCC4)CC3)nn2)n1. The van der Waals surface area contributed by atoms with E-state index in [9.17, 15) is 0 Å². The monoisotopic (exact) mass is 326 g/mol. The molecule has 0 amide bonds. The molecule has 0 unspecified atom stereocenters.